The molecule has 1 aliphatic heterocycles. The number of amides is 1. The van der Waals surface area contributed by atoms with Crippen molar-refractivity contribution in [2.75, 3.05) is 23.9 Å². The molecule has 0 spiro atoms. The molecule has 128 valence electrons. The van der Waals surface area contributed by atoms with E-state index in [0.717, 1.165) is 10.6 Å². The first-order valence-electron chi connectivity index (χ1n) is 7.35. The summed E-state index contributed by atoms with van der Waals surface area (Å²) < 4.78 is 35.6. The van der Waals surface area contributed by atoms with Gasteiger partial charge in [0.2, 0.25) is 22.7 Å². The Hall–Kier alpha value is -1.96. The molecule has 2 rings (SSSR count). The molecule has 0 bridgehead atoms. The first-order chi connectivity index (χ1) is 10.7. The van der Waals surface area contributed by atoms with E-state index in [-0.39, 0.29) is 31.2 Å². The zero-order chi connectivity index (χ0) is 17.2. The lowest BCUT2D eigenvalue weighted by molar-refractivity contribution is -0.120. The molecule has 1 amide bonds. The first kappa shape index (κ1) is 17.4. The summed E-state index contributed by atoms with van der Waals surface area (Å²) in [6.07, 6.45) is 1.07. The van der Waals surface area contributed by atoms with Gasteiger partial charge in [0.1, 0.15) is 6.54 Å². The van der Waals surface area contributed by atoms with Crippen molar-refractivity contribution in [3.63, 3.8) is 0 Å². The van der Waals surface area contributed by atoms with Gasteiger partial charge in [0.25, 0.3) is 0 Å². The summed E-state index contributed by atoms with van der Waals surface area (Å²) in [6, 6.07) is 4.74. The van der Waals surface area contributed by atoms with Crippen LogP contribution in [0.5, 0.6) is 11.5 Å². The lowest BCUT2D eigenvalue weighted by atomic mass is 10.1. The van der Waals surface area contributed by atoms with Crippen molar-refractivity contribution >= 4 is 21.6 Å². The highest BCUT2D eigenvalue weighted by molar-refractivity contribution is 7.92. The van der Waals surface area contributed by atoms with Gasteiger partial charge in [-0.05, 0) is 25.0 Å². The van der Waals surface area contributed by atoms with E-state index >= 15 is 0 Å². The Kier molecular flexibility index (Phi) is 5.03. The summed E-state index contributed by atoms with van der Waals surface area (Å²) in [4.78, 5) is 12.1. The number of nitrogens with one attached hydrogen (secondary N) is 1. The van der Waals surface area contributed by atoms with E-state index in [1.807, 2.05) is 20.8 Å². The molecule has 0 aromatic heterocycles. The van der Waals surface area contributed by atoms with Crippen LogP contribution in [0.25, 0.3) is 0 Å². The molecule has 7 nitrogen and oxygen atoms in total. The highest BCUT2D eigenvalue weighted by Gasteiger charge is 2.24. The van der Waals surface area contributed by atoms with Crippen LogP contribution in [0.4, 0.5) is 5.69 Å². The van der Waals surface area contributed by atoms with Gasteiger partial charge in [-0.3, -0.25) is 9.10 Å². The number of hydrogen-bond donors (Lipinski definition) is 1. The largest absolute Gasteiger partial charge is 0.454 e. The molecule has 1 aliphatic rings. The molecule has 1 heterocycles. The molecule has 1 aromatic rings. The van der Waals surface area contributed by atoms with Gasteiger partial charge in [-0.2, -0.15) is 0 Å². The minimum atomic E-state index is -3.61. The summed E-state index contributed by atoms with van der Waals surface area (Å²) in [5.74, 6) is 0.928. The molecule has 0 aliphatic carbocycles. The van der Waals surface area contributed by atoms with Crippen molar-refractivity contribution in [2.45, 2.75) is 26.8 Å². The maximum atomic E-state index is 12.1. The summed E-state index contributed by atoms with van der Waals surface area (Å²) in [5, 5.41) is 2.80. The zero-order valence-electron chi connectivity index (χ0n) is 13.7. The number of benzene rings is 1. The average molecular weight is 342 g/mol. The van der Waals surface area contributed by atoms with Crippen LogP contribution in [0.3, 0.4) is 0 Å². The fourth-order valence-corrected chi connectivity index (χ4v) is 2.89. The van der Waals surface area contributed by atoms with Crippen molar-refractivity contribution in [1.29, 1.82) is 0 Å². The van der Waals surface area contributed by atoms with Crippen LogP contribution in [0.15, 0.2) is 18.2 Å². The van der Waals surface area contributed by atoms with Crippen molar-refractivity contribution in [1.82, 2.24) is 5.32 Å². The van der Waals surface area contributed by atoms with E-state index in [4.69, 9.17) is 9.47 Å². The number of ether oxygens (including phenoxy) is 2. The number of hydrogen-bond acceptors (Lipinski definition) is 5. The Bertz CT molecular complexity index is 687. The molecule has 0 saturated carbocycles. The number of carbonyl (C=O) groups is 1. The molecule has 1 atom stereocenters. The van der Waals surface area contributed by atoms with Crippen LogP contribution < -0.4 is 19.1 Å². The standard InChI is InChI=1S/C15H22N2O5S/c1-10(2)11(3)16-15(18)8-17(23(4,19)20)12-5-6-13-14(7-12)22-9-21-13/h5-7,10-11H,8-9H2,1-4H3,(H,16,18)/t11-/m1/s1. The molecule has 8 heteroatoms. The summed E-state index contributed by atoms with van der Waals surface area (Å²) in [7, 11) is -3.61. The van der Waals surface area contributed by atoms with Crippen LogP contribution in [0.2, 0.25) is 0 Å². The lowest BCUT2D eigenvalue weighted by Gasteiger charge is -2.24. The van der Waals surface area contributed by atoms with Gasteiger partial charge in [0.05, 0.1) is 11.9 Å². The minimum absolute atomic E-state index is 0.0411. The van der Waals surface area contributed by atoms with Crippen LogP contribution in [-0.2, 0) is 14.8 Å². The fourth-order valence-electron chi connectivity index (χ4n) is 2.04. The predicted molar refractivity (Wildman–Crippen MR) is 87.2 cm³/mol. The highest BCUT2D eigenvalue weighted by Crippen LogP contribution is 2.36. The van der Waals surface area contributed by atoms with E-state index < -0.39 is 10.0 Å². The molecule has 0 saturated heterocycles. The third kappa shape index (κ3) is 4.28. The minimum Gasteiger partial charge on any atom is -0.454 e. The molecule has 0 radical (unpaired) electrons. The van der Waals surface area contributed by atoms with Gasteiger partial charge in [-0.15, -0.1) is 0 Å². The highest BCUT2D eigenvalue weighted by atomic mass is 32.2. The maximum Gasteiger partial charge on any atom is 0.240 e. The Morgan fingerprint density at radius 3 is 2.52 bits per heavy atom. The Morgan fingerprint density at radius 1 is 1.26 bits per heavy atom. The third-order valence-electron chi connectivity index (χ3n) is 3.72. The molecule has 23 heavy (non-hydrogen) atoms. The van der Waals surface area contributed by atoms with Gasteiger partial charge in [-0.1, -0.05) is 13.8 Å². The van der Waals surface area contributed by atoms with Gasteiger partial charge < -0.3 is 14.8 Å². The third-order valence-corrected chi connectivity index (χ3v) is 4.86. The van der Waals surface area contributed by atoms with Gasteiger partial charge in [-0.25, -0.2) is 8.42 Å². The van der Waals surface area contributed by atoms with Crippen molar-refractivity contribution < 1.29 is 22.7 Å². The first-order valence-corrected chi connectivity index (χ1v) is 9.20. The second kappa shape index (κ2) is 6.66. The molecule has 1 N–H and O–H groups in total. The maximum absolute atomic E-state index is 12.1. The predicted octanol–water partition coefficient (Wildman–Crippen LogP) is 1.34. The zero-order valence-corrected chi connectivity index (χ0v) is 14.5. The van der Waals surface area contributed by atoms with Crippen LogP contribution in [0.1, 0.15) is 20.8 Å². The van der Waals surface area contributed by atoms with E-state index in [0.29, 0.717) is 17.2 Å². The summed E-state index contributed by atoms with van der Waals surface area (Å²) in [6.45, 7) is 5.67. The van der Waals surface area contributed by atoms with E-state index in [2.05, 4.69) is 5.32 Å². The van der Waals surface area contributed by atoms with Crippen LogP contribution in [0, 0.1) is 5.92 Å². The monoisotopic (exact) mass is 342 g/mol. The van der Waals surface area contributed by atoms with Crippen LogP contribution >= 0.6 is 0 Å². The molecule has 0 fully saturated rings. The number of carbonyl (C=O) groups excluding carboxylic acids is 1. The van der Waals surface area contributed by atoms with E-state index in [1.165, 1.54) is 0 Å². The number of rotatable bonds is 6. The van der Waals surface area contributed by atoms with Crippen molar-refractivity contribution in [2.24, 2.45) is 5.92 Å². The molecular formula is C15H22N2O5S. The quantitative estimate of drug-likeness (QED) is 0.843. The van der Waals surface area contributed by atoms with E-state index in [1.54, 1.807) is 18.2 Å². The molecule has 1 aromatic carbocycles. The Morgan fingerprint density at radius 2 is 1.91 bits per heavy atom. The Labute approximate surface area is 136 Å². The normalized spacial score (nSPS) is 14.7. The van der Waals surface area contributed by atoms with Gasteiger partial charge >= 0.3 is 0 Å². The summed E-state index contributed by atoms with van der Waals surface area (Å²) in [5.41, 5.74) is 0.365. The van der Waals surface area contributed by atoms with Crippen molar-refractivity contribution in [3.05, 3.63) is 18.2 Å². The Balaban J connectivity index is 2.20. The fraction of sp³-hybridized carbons (Fsp3) is 0.533. The van der Waals surface area contributed by atoms with E-state index in [9.17, 15) is 13.2 Å². The number of sulfonamides is 1. The molecular weight excluding hydrogens is 320 g/mol. The van der Waals surface area contributed by atoms with Crippen molar-refractivity contribution in [3.8, 4) is 11.5 Å². The van der Waals surface area contributed by atoms with Crippen LogP contribution in [-0.4, -0.2) is 40.0 Å². The second-order valence-electron chi connectivity index (χ2n) is 5.91. The number of anilines is 1. The average Bonchev–Trinajstić information content (AvgIpc) is 2.90. The SMILES string of the molecule is CC(C)[C@@H](C)NC(=O)CN(c1ccc2c(c1)OCO2)S(C)(=O)=O. The smallest absolute Gasteiger partial charge is 0.240 e. The summed E-state index contributed by atoms with van der Waals surface area (Å²) >= 11 is 0. The molecule has 0 unspecified atom stereocenters. The second-order valence-corrected chi connectivity index (χ2v) is 7.81. The topological polar surface area (TPSA) is 84.9 Å². The lowest BCUT2D eigenvalue weighted by Crippen LogP contribution is -2.44. The number of nitrogens with zero attached hydrogens (tertiary/aromatic N) is 1. The number of fused-ring (bicyclic) bond motifs is 1. The van der Waals surface area contributed by atoms with Gasteiger partial charge in [0.15, 0.2) is 11.5 Å². The van der Waals surface area contributed by atoms with Gasteiger partial charge in [0, 0.05) is 12.1 Å².